The first-order valence-corrected chi connectivity index (χ1v) is 9.11. The number of hydrogen-bond donors (Lipinski definition) is 2. The molecule has 2 N–H and O–H groups in total. The van der Waals surface area contributed by atoms with Gasteiger partial charge in [-0.05, 0) is 62.7 Å². The van der Waals surface area contributed by atoms with E-state index >= 15 is 0 Å². The summed E-state index contributed by atoms with van der Waals surface area (Å²) in [7, 11) is 0. The first-order valence-electron chi connectivity index (χ1n) is 9.11. The van der Waals surface area contributed by atoms with Crippen molar-refractivity contribution in [3.8, 4) is 5.75 Å². The Morgan fingerprint density at radius 3 is 2.36 bits per heavy atom. The number of amides is 2. The summed E-state index contributed by atoms with van der Waals surface area (Å²) in [6.45, 7) is 4.37. The zero-order valence-electron chi connectivity index (χ0n) is 15.8. The molecule has 2 aromatic carbocycles. The number of carbonyl (C=O) groups excluding carboxylic acids is 2. The van der Waals surface area contributed by atoms with E-state index in [4.69, 9.17) is 4.74 Å². The van der Waals surface area contributed by atoms with Gasteiger partial charge in [0.1, 0.15) is 5.75 Å². The Balaban J connectivity index is 1.80. The second-order valence-corrected chi connectivity index (χ2v) is 6.83. The predicted octanol–water partition coefficient (Wildman–Crippen LogP) is 3.55. The van der Waals surface area contributed by atoms with Crippen molar-refractivity contribution in [2.75, 3.05) is 16.8 Å². The summed E-state index contributed by atoms with van der Waals surface area (Å²) in [6, 6.07) is 11.1. The molecule has 0 radical (unpaired) electrons. The van der Waals surface area contributed by atoms with Crippen LogP contribution in [-0.4, -0.2) is 35.5 Å². The van der Waals surface area contributed by atoms with Crippen LogP contribution in [0.5, 0.6) is 5.75 Å². The summed E-state index contributed by atoms with van der Waals surface area (Å²) >= 11 is 0. The third-order valence-corrected chi connectivity index (χ3v) is 4.35. The van der Waals surface area contributed by atoms with E-state index in [1.807, 2.05) is 13.8 Å². The number of hydrogen-bond acceptors (Lipinski definition) is 4. The Bertz CT molecular complexity index is 906. The molecule has 2 amide bonds. The fourth-order valence-corrected chi connectivity index (χ4v) is 3.03. The normalized spacial score (nSPS) is 13.7. The summed E-state index contributed by atoms with van der Waals surface area (Å²) in [5, 5.41) is 11.9. The minimum Gasteiger partial charge on any atom is -0.489 e. The van der Waals surface area contributed by atoms with Crippen molar-refractivity contribution in [3.63, 3.8) is 0 Å². The Kier molecular flexibility index (Phi) is 5.63. The fourth-order valence-electron chi connectivity index (χ4n) is 3.03. The Hall–Kier alpha value is -3.35. The van der Waals surface area contributed by atoms with Crippen LogP contribution in [0, 0.1) is 0 Å². The van der Waals surface area contributed by atoms with Crippen molar-refractivity contribution in [2.24, 2.45) is 0 Å². The lowest BCUT2D eigenvalue weighted by molar-refractivity contribution is -0.117. The molecule has 1 heterocycles. The van der Waals surface area contributed by atoms with Gasteiger partial charge in [0.15, 0.2) is 0 Å². The van der Waals surface area contributed by atoms with Crippen LogP contribution in [-0.2, 0) is 4.79 Å². The highest BCUT2D eigenvalue weighted by molar-refractivity contribution is 6.06. The molecular formula is C21H22N2O5. The summed E-state index contributed by atoms with van der Waals surface area (Å²) < 4.78 is 5.66. The van der Waals surface area contributed by atoms with E-state index in [0.717, 1.165) is 12.1 Å². The molecule has 0 atom stereocenters. The van der Waals surface area contributed by atoms with Gasteiger partial charge >= 0.3 is 5.97 Å². The van der Waals surface area contributed by atoms with E-state index in [1.54, 1.807) is 29.2 Å². The van der Waals surface area contributed by atoms with Gasteiger partial charge in [-0.2, -0.15) is 0 Å². The van der Waals surface area contributed by atoms with E-state index < -0.39 is 11.9 Å². The predicted molar refractivity (Wildman–Crippen MR) is 105 cm³/mol. The SMILES string of the molecule is CC(C)Oc1ccc(C(=O)O)cc1NC(=O)c1ccc(N2CCCC2=O)cc1. The molecule has 7 nitrogen and oxygen atoms in total. The van der Waals surface area contributed by atoms with Crippen LogP contribution in [0.25, 0.3) is 0 Å². The molecule has 2 aromatic rings. The van der Waals surface area contributed by atoms with Crippen molar-refractivity contribution in [3.05, 3.63) is 53.6 Å². The maximum absolute atomic E-state index is 12.6. The summed E-state index contributed by atoms with van der Waals surface area (Å²) in [5.41, 5.74) is 1.49. The number of carboxylic acids is 1. The first-order chi connectivity index (χ1) is 13.3. The lowest BCUT2D eigenvalue weighted by Crippen LogP contribution is -2.23. The maximum Gasteiger partial charge on any atom is 0.335 e. The highest BCUT2D eigenvalue weighted by Crippen LogP contribution is 2.28. The van der Waals surface area contributed by atoms with Crippen LogP contribution in [0.4, 0.5) is 11.4 Å². The molecule has 0 spiro atoms. The van der Waals surface area contributed by atoms with Gasteiger partial charge in [-0.15, -0.1) is 0 Å². The van der Waals surface area contributed by atoms with Gasteiger partial charge in [0, 0.05) is 24.2 Å². The van der Waals surface area contributed by atoms with Crippen molar-refractivity contribution < 1.29 is 24.2 Å². The number of nitrogens with zero attached hydrogens (tertiary/aromatic N) is 1. The van der Waals surface area contributed by atoms with Gasteiger partial charge in [0.2, 0.25) is 5.91 Å². The maximum atomic E-state index is 12.6. The largest absolute Gasteiger partial charge is 0.489 e. The van der Waals surface area contributed by atoms with E-state index in [-0.39, 0.29) is 23.3 Å². The number of benzene rings is 2. The molecular weight excluding hydrogens is 360 g/mol. The highest BCUT2D eigenvalue weighted by atomic mass is 16.5. The molecule has 1 aliphatic heterocycles. The molecule has 0 bridgehead atoms. The van der Waals surface area contributed by atoms with Crippen LogP contribution in [0.3, 0.4) is 0 Å². The molecule has 1 fully saturated rings. The minimum atomic E-state index is -1.09. The molecule has 146 valence electrons. The number of carbonyl (C=O) groups is 3. The second-order valence-electron chi connectivity index (χ2n) is 6.83. The zero-order chi connectivity index (χ0) is 20.3. The van der Waals surface area contributed by atoms with Gasteiger partial charge in [-0.1, -0.05) is 0 Å². The molecule has 28 heavy (non-hydrogen) atoms. The van der Waals surface area contributed by atoms with Crippen LogP contribution in [0.1, 0.15) is 47.4 Å². The van der Waals surface area contributed by atoms with Gasteiger partial charge in [0.25, 0.3) is 5.91 Å². The lowest BCUT2D eigenvalue weighted by atomic mass is 10.1. The molecule has 7 heteroatoms. The third kappa shape index (κ3) is 4.31. The molecule has 1 aliphatic rings. The summed E-state index contributed by atoms with van der Waals surface area (Å²) in [6.07, 6.45) is 1.24. The van der Waals surface area contributed by atoms with Crippen molar-refractivity contribution in [2.45, 2.75) is 32.8 Å². The summed E-state index contributed by atoms with van der Waals surface area (Å²) in [4.78, 5) is 37.4. The topological polar surface area (TPSA) is 95.9 Å². The van der Waals surface area contributed by atoms with Crippen molar-refractivity contribution >= 4 is 29.2 Å². The van der Waals surface area contributed by atoms with Crippen LogP contribution in [0.2, 0.25) is 0 Å². The monoisotopic (exact) mass is 382 g/mol. The number of ether oxygens (including phenoxy) is 1. The van der Waals surface area contributed by atoms with E-state index in [9.17, 15) is 19.5 Å². The van der Waals surface area contributed by atoms with Gasteiger partial charge in [-0.3, -0.25) is 9.59 Å². The summed E-state index contributed by atoms with van der Waals surface area (Å²) in [5.74, 6) is -1.01. The Labute approximate surface area is 162 Å². The van der Waals surface area contributed by atoms with Gasteiger partial charge in [-0.25, -0.2) is 4.79 Å². The Morgan fingerprint density at radius 2 is 1.79 bits per heavy atom. The molecule has 0 aromatic heterocycles. The third-order valence-electron chi connectivity index (χ3n) is 4.35. The zero-order valence-corrected chi connectivity index (χ0v) is 15.8. The van der Waals surface area contributed by atoms with E-state index in [0.29, 0.717) is 24.3 Å². The van der Waals surface area contributed by atoms with Gasteiger partial charge < -0.3 is 20.1 Å². The number of anilines is 2. The lowest BCUT2D eigenvalue weighted by Gasteiger charge is -2.17. The number of aromatic carboxylic acids is 1. The standard InChI is InChI=1S/C21H22N2O5/c1-13(2)28-18-10-7-15(21(26)27)12-17(18)22-20(25)14-5-8-16(9-6-14)23-11-3-4-19(23)24/h5-10,12-13H,3-4,11H2,1-2H3,(H,22,25)(H,26,27). The van der Waals surface area contributed by atoms with Crippen LogP contribution >= 0.6 is 0 Å². The van der Waals surface area contributed by atoms with Crippen LogP contribution in [0.15, 0.2) is 42.5 Å². The van der Waals surface area contributed by atoms with E-state index in [1.165, 1.54) is 18.2 Å². The number of rotatable bonds is 6. The molecule has 3 rings (SSSR count). The number of carboxylic acid groups (broad SMARTS) is 1. The van der Waals surface area contributed by atoms with Crippen LogP contribution < -0.4 is 15.0 Å². The number of nitrogens with one attached hydrogen (secondary N) is 1. The smallest absolute Gasteiger partial charge is 0.335 e. The first kappa shape index (κ1) is 19.4. The Morgan fingerprint density at radius 1 is 1.11 bits per heavy atom. The second kappa shape index (κ2) is 8.12. The molecule has 0 saturated carbocycles. The van der Waals surface area contributed by atoms with E-state index in [2.05, 4.69) is 5.32 Å². The highest BCUT2D eigenvalue weighted by Gasteiger charge is 2.22. The molecule has 0 aliphatic carbocycles. The fraction of sp³-hybridized carbons (Fsp3) is 0.286. The molecule has 0 unspecified atom stereocenters. The molecule has 1 saturated heterocycles. The van der Waals surface area contributed by atoms with Gasteiger partial charge in [0.05, 0.1) is 17.4 Å². The van der Waals surface area contributed by atoms with Crippen molar-refractivity contribution in [1.29, 1.82) is 0 Å². The van der Waals surface area contributed by atoms with Crippen molar-refractivity contribution in [1.82, 2.24) is 0 Å². The minimum absolute atomic E-state index is 0.0503. The average Bonchev–Trinajstić information content (AvgIpc) is 3.08. The average molecular weight is 382 g/mol. The quantitative estimate of drug-likeness (QED) is 0.796.